The third-order valence-electron chi connectivity index (χ3n) is 5.79. The fourth-order valence-corrected chi connectivity index (χ4v) is 3.91. The maximum Gasteiger partial charge on any atom is 0.338 e. The second-order valence-electron chi connectivity index (χ2n) is 9.11. The van der Waals surface area contributed by atoms with Gasteiger partial charge in [-0.15, -0.1) is 6.58 Å². The molecule has 0 unspecified atom stereocenters. The standard InChI is InChI=1S/C28H41N5O6.ClH/c1-4-8-23(18-38-19-34)33-27(37)22(9-6-7-14-31-28(29)30)17-26(36)25(32-20(3)35)16-21-10-12-24(13-11-21)39-15-5-2;/h4-5,10-13,19,22-23,25H,1-2,6-9,14-18H2,3H3,(H,32,35)(H,33,37)(H4,29,30,31);1H/t22-,23+,25+;/m1./s1. The van der Waals surface area contributed by atoms with Crippen LogP contribution in [0.3, 0.4) is 0 Å². The fourth-order valence-electron chi connectivity index (χ4n) is 3.91. The molecule has 40 heavy (non-hydrogen) atoms. The average Bonchev–Trinajstić information content (AvgIpc) is 2.89. The van der Waals surface area contributed by atoms with Gasteiger partial charge in [0, 0.05) is 19.3 Å². The van der Waals surface area contributed by atoms with Crippen molar-refractivity contribution in [1.29, 1.82) is 0 Å². The lowest BCUT2D eigenvalue weighted by atomic mass is 9.90. The number of hydrogen-bond donors (Lipinski definition) is 5. The van der Waals surface area contributed by atoms with Crippen LogP contribution in [0.2, 0.25) is 0 Å². The van der Waals surface area contributed by atoms with Gasteiger partial charge in [0.25, 0.3) is 6.47 Å². The van der Waals surface area contributed by atoms with Crippen molar-refractivity contribution in [3.8, 4) is 5.75 Å². The molecule has 7 N–H and O–H groups in total. The number of ether oxygens (including phenoxy) is 2. The molecule has 0 saturated carbocycles. The first-order chi connectivity index (χ1) is 18.7. The summed E-state index contributed by atoms with van der Waals surface area (Å²) in [5, 5.41) is 5.58. The summed E-state index contributed by atoms with van der Waals surface area (Å²) in [5.74, 6) is -0.841. The lowest BCUT2D eigenvalue weighted by molar-refractivity contribution is -0.459. The summed E-state index contributed by atoms with van der Waals surface area (Å²) < 4.78 is 10.3. The molecule has 0 saturated heterocycles. The van der Waals surface area contributed by atoms with Crippen molar-refractivity contribution in [2.45, 2.75) is 57.5 Å². The molecule has 0 aliphatic carbocycles. The van der Waals surface area contributed by atoms with Gasteiger partial charge in [0.15, 0.2) is 5.78 Å². The van der Waals surface area contributed by atoms with Crippen LogP contribution >= 0.6 is 0 Å². The Labute approximate surface area is 242 Å². The normalized spacial score (nSPS) is 12.3. The van der Waals surface area contributed by atoms with Crippen LogP contribution in [0.4, 0.5) is 0 Å². The molecule has 0 aliphatic rings. The van der Waals surface area contributed by atoms with Gasteiger partial charge in [-0.1, -0.05) is 30.9 Å². The molecule has 0 spiro atoms. The summed E-state index contributed by atoms with van der Waals surface area (Å²) >= 11 is 0. The van der Waals surface area contributed by atoms with Gasteiger partial charge < -0.3 is 32.5 Å². The number of guanidine groups is 1. The quantitative estimate of drug-likeness (QED) is 0.0329. The van der Waals surface area contributed by atoms with E-state index in [0.717, 1.165) is 5.56 Å². The van der Waals surface area contributed by atoms with Crippen LogP contribution in [0.5, 0.6) is 5.75 Å². The van der Waals surface area contributed by atoms with Crippen molar-refractivity contribution >= 4 is 30.0 Å². The highest BCUT2D eigenvalue weighted by atomic mass is 35.5. The van der Waals surface area contributed by atoms with Gasteiger partial charge in [-0.25, -0.2) is 0 Å². The number of nitrogens with two attached hydrogens (primary N) is 2. The van der Waals surface area contributed by atoms with Gasteiger partial charge in [-0.05, 0) is 49.8 Å². The van der Waals surface area contributed by atoms with Crippen molar-refractivity contribution in [3.63, 3.8) is 0 Å². The Morgan fingerprint density at radius 3 is 2.35 bits per heavy atom. The lowest BCUT2D eigenvalue weighted by Gasteiger charge is -2.23. The molecule has 1 rings (SSSR count). The zero-order valence-corrected chi connectivity index (χ0v) is 23.8. The molecule has 0 heterocycles. The maximum absolute atomic E-state index is 13.4. The predicted octanol–water partition coefficient (Wildman–Crippen LogP) is -3.36. The van der Waals surface area contributed by atoms with Crippen molar-refractivity contribution in [3.05, 3.63) is 55.1 Å². The number of benzene rings is 1. The number of halogens is 1. The van der Waals surface area contributed by atoms with E-state index in [4.69, 9.17) is 20.9 Å². The third kappa shape index (κ3) is 15.5. The minimum atomic E-state index is -0.812. The van der Waals surface area contributed by atoms with Crippen LogP contribution in [-0.4, -0.2) is 61.9 Å². The van der Waals surface area contributed by atoms with Crippen molar-refractivity contribution in [2.75, 3.05) is 19.8 Å². The minimum Gasteiger partial charge on any atom is -1.00 e. The molecule has 0 aliphatic heterocycles. The van der Waals surface area contributed by atoms with E-state index in [1.54, 1.807) is 24.3 Å². The molecule has 0 bridgehead atoms. The van der Waals surface area contributed by atoms with Crippen LogP contribution in [0.1, 0.15) is 44.6 Å². The average molecular weight is 580 g/mol. The molecule has 12 heteroatoms. The Balaban J connectivity index is 0.0000152. The fraction of sp³-hybridized carbons (Fsp3) is 0.464. The smallest absolute Gasteiger partial charge is 0.338 e. The molecule has 3 atom stereocenters. The highest BCUT2D eigenvalue weighted by Gasteiger charge is 2.28. The van der Waals surface area contributed by atoms with Gasteiger partial charge in [0.1, 0.15) is 19.0 Å². The molecule has 2 amide bonds. The van der Waals surface area contributed by atoms with Gasteiger partial charge >= 0.3 is 5.96 Å². The first kappa shape index (κ1) is 36.1. The van der Waals surface area contributed by atoms with E-state index in [1.807, 2.05) is 12.1 Å². The molecule has 222 valence electrons. The summed E-state index contributed by atoms with van der Waals surface area (Å²) in [4.78, 5) is 52.0. The summed E-state index contributed by atoms with van der Waals surface area (Å²) in [5.41, 5.74) is 11.7. The molecule has 0 aromatic heterocycles. The topological polar surface area (TPSA) is 177 Å². The first-order valence-electron chi connectivity index (χ1n) is 12.9. The van der Waals surface area contributed by atoms with E-state index in [0.29, 0.717) is 51.1 Å². The summed E-state index contributed by atoms with van der Waals surface area (Å²) in [6.45, 7) is 9.83. The van der Waals surface area contributed by atoms with Crippen LogP contribution in [0.25, 0.3) is 0 Å². The van der Waals surface area contributed by atoms with Gasteiger partial charge in [0.2, 0.25) is 11.8 Å². The van der Waals surface area contributed by atoms with Gasteiger partial charge in [-0.2, -0.15) is 0 Å². The Morgan fingerprint density at radius 1 is 1.07 bits per heavy atom. The zero-order valence-electron chi connectivity index (χ0n) is 23.0. The third-order valence-corrected chi connectivity index (χ3v) is 5.79. The molecule has 1 aromatic carbocycles. The number of hydrogen-bond acceptors (Lipinski definition) is 6. The SMILES string of the molecule is C=CCOc1ccc(C[C@H](NC(C)=O)C(=O)C[C@@H](CCCC[NH+]=C(N)N)C(=O)N[C@@H](CC=C)COC=O)cc1.[Cl-]. The number of nitrogens with one attached hydrogen (secondary N) is 3. The second-order valence-corrected chi connectivity index (χ2v) is 9.11. The molecular formula is C28H42ClN5O6. The van der Waals surface area contributed by atoms with Crippen LogP contribution < -0.4 is 44.2 Å². The number of carbonyl (C=O) groups is 4. The number of amides is 2. The Morgan fingerprint density at radius 2 is 1.77 bits per heavy atom. The van der Waals surface area contributed by atoms with Gasteiger partial charge in [-0.3, -0.25) is 35.6 Å². The Hall–Kier alpha value is -3.86. The second kappa shape index (κ2) is 21.0. The number of ketones is 1. The zero-order chi connectivity index (χ0) is 29.0. The van der Waals surface area contributed by atoms with E-state index >= 15 is 0 Å². The van der Waals surface area contributed by atoms with E-state index in [9.17, 15) is 19.2 Å². The summed E-state index contributed by atoms with van der Waals surface area (Å²) in [6.07, 6.45) is 5.54. The number of carbonyl (C=O) groups excluding carboxylic acids is 4. The highest BCUT2D eigenvalue weighted by molar-refractivity contribution is 5.92. The summed E-state index contributed by atoms with van der Waals surface area (Å²) in [7, 11) is 0. The number of Topliss-reactive ketones (excluding diaryl/α,β-unsaturated/α-hetero) is 1. The molecule has 0 fully saturated rings. The van der Waals surface area contributed by atoms with E-state index in [2.05, 4.69) is 28.8 Å². The van der Waals surface area contributed by atoms with E-state index < -0.39 is 18.0 Å². The van der Waals surface area contributed by atoms with Crippen LogP contribution in [0, 0.1) is 5.92 Å². The highest BCUT2D eigenvalue weighted by Crippen LogP contribution is 2.18. The largest absolute Gasteiger partial charge is 1.00 e. The van der Waals surface area contributed by atoms with Crippen LogP contribution in [-0.2, 0) is 30.3 Å². The van der Waals surface area contributed by atoms with Crippen molar-refractivity contribution < 1.29 is 46.1 Å². The predicted molar refractivity (Wildman–Crippen MR) is 148 cm³/mol. The number of unbranched alkanes of at least 4 members (excludes halogenated alkanes) is 1. The molecular weight excluding hydrogens is 538 g/mol. The van der Waals surface area contributed by atoms with Crippen molar-refractivity contribution in [1.82, 2.24) is 10.6 Å². The van der Waals surface area contributed by atoms with Crippen LogP contribution in [0.15, 0.2) is 49.6 Å². The maximum atomic E-state index is 13.4. The van der Waals surface area contributed by atoms with Crippen molar-refractivity contribution in [2.24, 2.45) is 17.4 Å². The molecule has 0 radical (unpaired) electrons. The van der Waals surface area contributed by atoms with E-state index in [-0.39, 0.29) is 55.4 Å². The molecule has 11 nitrogen and oxygen atoms in total. The van der Waals surface area contributed by atoms with E-state index in [1.165, 1.54) is 6.92 Å². The Kier molecular flexibility index (Phi) is 19.0. The first-order valence-corrected chi connectivity index (χ1v) is 12.9. The Bertz CT molecular complexity index is 982. The van der Waals surface area contributed by atoms with Gasteiger partial charge in [0.05, 0.1) is 18.6 Å². The lowest BCUT2D eigenvalue weighted by Crippen LogP contribution is -3.00. The number of rotatable bonds is 21. The minimum absolute atomic E-state index is 0. The molecule has 1 aromatic rings. The summed E-state index contributed by atoms with van der Waals surface area (Å²) in [6, 6.07) is 5.93. The monoisotopic (exact) mass is 579 g/mol.